The maximum absolute atomic E-state index is 11.5. The highest BCUT2D eigenvalue weighted by Crippen LogP contribution is 2.18. The molecular weight excluding hydrogens is 242 g/mol. The SMILES string of the molecule is CC(C)C(=O)CN1CCC(CBr)CC1. The Morgan fingerprint density at radius 1 is 1.43 bits per heavy atom. The minimum absolute atomic E-state index is 0.184. The van der Waals surface area contributed by atoms with E-state index in [1.165, 1.54) is 12.8 Å². The number of alkyl halides is 1. The summed E-state index contributed by atoms with van der Waals surface area (Å²) in [7, 11) is 0. The van der Waals surface area contributed by atoms with E-state index in [0.29, 0.717) is 12.3 Å². The summed E-state index contributed by atoms with van der Waals surface area (Å²) in [6.07, 6.45) is 2.47. The zero-order chi connectivity index (χ0) is 10.6. The van der Waals surface area contributed by atoms with Crippen LogP contribution in [0.5, 0.6) is 0 Å². The van der Waals surface area contributed by atoms with Crippen molar-refractivity contribution in [3.63, 3.8) is 0 Å². The number of rotatable bonds is 4. The van der Waals surface area contributed by atoms with Crippen molar-refractivity contribution in [2.45, 2.75) is 26.7 Å². The molecule has 1 heterocycles. The van der Waals surface area contributed by atoms with Gasteiger partial charge in [0.25, 0.3) is 0 Å². The molecule has 0 aromatic rings. The zero-order valence-corrected chi connectivity index (χ0v) is 10.7. The average molecular weight is 262 g/mol. The van der Waals surface area contributed by atoms with Crippen LogP contribution in [0.4, 0.5) is 0 Å². The first-order valence-corrected chi connectivity index (χ1v) is 6.56. The molecule has 82 valence electrons. The van der Waals surface area contributed by atoms with Crippen LogP contribution in [0.25, 0.3) is 0 Å². The summed E-state index contributed by atoms with van der Waals surface area (Å²) >= 11 is 3.52. The van der Waals surface area contributed by atoms with Gasteiger partial charge in [0.15, 0.2) is 0 Å². The van der Waals surface area contributed by atoms with Crippen molar-refractivity contribution in [1.82, 2.24) is 4.90 Å². The maximum atomic E-state index is 11.5. The Morgan fingerprint density at radius 3 is 2.43 bits per heavy atom. The van der Waals surface area contributed by atoms with Crippen molar-refractivity contribution >= 4 is 21.7 Å². The second kappa shape index (κ2) is 5.86. The summed E-state index contributed by atoms with van der Waals surface area (Å²) in [4.78, 5) is 13.8. The van der Waals surface area contributed by atoms with Crippen LogP contribution in [0.3, 0.4) is 0 Å². The van der Waals surface area contributed by atoms with Gasteiger partial charge < -0.3 is 0 Å². The molecule has 0 aromatic heterocycles. The van der Waals surface area contributed by atoms with Gasteiger partial charge in [0, 0.05) is 11.2 Å². The first-order chi connectivity index (χ1) is 6.63. The summed E-state index contributed by atoms with van der Waals surface area (Å²) in [6, 6.07) is 0. The van der Waals surface area contributed by atoms with Gasteiger partial charge in [-0.3, -0.25) is 9.69 Å². The van der Waals surface area contributed by atoms with Gasteiger partial charge in [0.1, 0.15) is 5.78 Å². The smallest absolute Gasteiger partial charge is 0.149 e. The van der Waals surface area contributed by atoms with E-state index in [1.54, 1.807) is 0 Å². The van der Waals surface area contributed by atoms with Crippen molar-refractivity contribution in [3.05, 3.63) is 0 Å². The fourth-order valence-corrected chi connectivity index (χ4v) is 2.35. The van der Waals surface area contributed by atoms with Crippen molar-refractivity contribution in [2.24, 2.45) is 11.8 Å². The maximum Gasteiger partial charge on any atom is 0.149 e. The minimum Gasteiger partial charge on any atom is -0.298 e. The van der Waals surface area contributed by atoms with E-state index in [4.69, 9.17) is 0 Å². The number of piperidine rings is 1. The third-order valence-corrected chi connectivity index (χ3v) is 3.86. The Labute approximate surface area is 95.2 Å². The Balaban J connectivity index is 2.25. The molecule has 0 bridgehead atoms. The lowest BCUT2D eigenvalue weighted by Gasteiger charge is -2.30. The summed E-state index contributed by atoms with van der Waals surface area (Å²) in [5.74, 6) is 1.38. The highest BCUT2D eigenvalue weighted by Gasteiger charge is 2.20. The molecule has 0 aromatic carbocycles. The van der Waals surface area contributed by atoms with E-state index in [1.807, 2.05) is 13.8 Å². The van der Waals surface area contributed by atoms with Gasteiger partial charge >= 0.3 is 0 Å². The van der Waals surface area contributed by atoms with Crippen LogP contribution in [0.15, 0.2) is 0 Å². The largest absolute Gasteiger partial charge is 0.298 e. The van der Waals surface area contributed by atoms with E-state index < -0.39 is 0 Å². The molecule has 0 saturated carbocycles. The number of ketones is 1. The second-order valence-electron chi connectivity index (χ2n) is 4.49. The number of hydrogen-bond donors (Lipinski definition) is 0. The molecule has 1 saturated heterocycles. The van der Waals surface area contributed by atoms with Crippen molar-refractivity contribution in [3.8, 4) is 0 Å². The highest BCUT2D eigenvalue weighted by atomic mass is 79.9. The van der Waals surface area contributed by atoms with Crippen LogP contribution in [0.1, 0.15) is 26.7 Å². The highest BCUT2D eigenvalue weighted by molar-refractivity contribution is 9.09. The number of likely N-dealkylation sites (tertiary alicyclic amines) is 1. The molecule has 1 rings (SSSR count). The van der Waals surface area contributed by atoms with Crippen LogP contribution >= 0.6 is 15.9 Å². The van der Waals surface area contributed by atoms with Gasteiger partial charge in [-0.05, 0) is 31.8 Å². The zero-order valence-electron chi connectivity index (χ0n) is 9.13. The summed E-state index contributed by atoms with van der Waals surface area (Å²) < 4.78 is 0. The van der Waals surface area contributed by atoms with E-state index in [9.17, 15) is 4.79 Å². The van der Waals surface area contributed by atoms with Crippen LogP contribution in [-0.4, -0.2) is 35.6 Å². The van der Waals surface area contributed by atoms with Gasteiger partial charge in [0.05, 0.1) is 6.54 Å². The van der Waals surface area contributed by atoms with E-state index in [0.717, 1.165) is 24.3 Å². The first kappa shape index (κ1) is 12.2. The standard InChI is InChI=1S/C11H20BrNO/c1-9(2)11(14)8-13-5-3-10(7-12)4-6-13/h9-10H,3-8H2,1-2H3. The molecule has 0 atom stereocenters. The average Bonchev–Trinajstić information content (AvgIpc) is 2.19. The van der Waals surface area contributed by atoms with Crippen molar-refractivity contribution < 1.29 is 4.79 Å². The molecule has 3 heteroatoms. The monoisotopic (exact) mass is 261 g/mol. The Morgan fingerprint density at radius 2 is 2.00 bits per heavy atom. The van der Waals surface area contributed by atoms with Crippen LogP contribution in [0, 0.1) is 11.8 Å². The van der Waals surface area contributed by atoms with Crippen molar-refractivity contribution in [2.75, 3.05) is 25.0 Å². The first-order valence-electron chi connectivity index (χ1n) is 5.44. The fraction of sp³-hybridized carbons (Fsp3) is 0.909. The molecule has 2 nitrogen and oxygen atoms in total. The van der Waals surface area contributed by atoms with Gasteiger partial charge in [-0.2, -0.15) is 0 Å². The molecule has 0 amide bonds. The predicted octanol–water partition coefficient (Wildman–Crippen LogP) is 2.32. The third kappa shape index (κ3) is 3.70. The second-order valence-corrected chi connectivity index (χ2v) is 5.14. The van der Waals surface area contributed by atoms with E-state index >= 15 is 0 Å². The summed E-state index contributed by atoms with van der Waals surface area (Å²) in [6.45, 7) is 6.80. The van der Waals surface area contributed by atoms with E-state index in [-0.39, 0.29) is 5.92 Å². The summed E-state index contributed by atoms with van der Waals surface area (Å²) in [5.41, 5.74) is 0. The lowest BCUT2D eigenvalue weighted by atomic mass is 9.98. The number of carbonyl (C=O) groups is 1. The van der Waals surface area contributed by atoms with Crippen LogP contribution < -0.4 is 0 Å². The Kier molecular flexibility index (Phi) is 5.10. The van der Waals surface area contributed by atoms with Crippen molar-refractivity contribution in [1.29, 1.82) is 0 Å². The van der Waals surface area contributed by atoms with E-state index in [2.05, 4.69) is 20.8 Å². The molecule has 0 N–H and O–H groups in total. The Hall–Kier alpha value is 0.110. The predicted molar refractivity (Wildman–Crippen MR) is 62.8 cm³/mol. The van der Waals surface area contributed by atoms with Crippen LogP contribution in [0.2, 0.25) is 0 Å². The van der Waals surface area contributed by atoms with Gasteiger partial charge in [-0.15, -0.1) is 0 Å². The third-order valence-electron chi connectivity index (χ3n) is 2.95. The molecule has 1 aliphatic heterocycles. The fourth-order valence-electron chi connectivity index (χ4n) is 1.70. The van der Waals surface area contributed by atoms with Gasteiger partial charge in [-0.1, -0.05) is 29.8 Å². The number of nitrogens with zero attached hydrogens (tertiary/aromatic N) is 1. The normalized spacial score (nSPS) is 20.3. The molecule has 14 heavy (non-hydrogen) atoms. The molecule has 1 fully saturated rings. The van der Waals surface area contributed by atoms with Gasteiger partial charge in [-0.25, -0.2) is 0 Å². The molecule has 0 spiro atoms. The lowest BCUT2D eigenvalue weighted by molar-refractivity contribution is -0.123. The Bertz CT molecular complexity index is 186. The molecular formula is C11H20BrNO. The topological polar surface area (TPSA) is 20.3 Å². The lowest BCUT2D eigenvalue weighted by Crippen LogP contribution is -2.38. The number of Topliss-reactive ketones (excluding diaryl/α,β-unsaturated/α-hetero) is 1. The number of carbonyl (C=O) groups excluding carboxylic acids is 1. The minimum atomic E-state index is 0.184. The molecule has 0 radical (unpaired) electrons. The van der Waals surface area contributed by atoms with Gasteiger partial charge in [0.2, 0.25) is 0 Å². The summed E-state index contributed by atoms with van der Waals surface area (Å²) in [5, 5.41) is 1.11. The number of halogens is 1. The quantitative estimate of drug-likeness (QED) is 0.725. The molecule has 0 aliphatic carbocycles. The van der Waals surface area contributed by atoms with Crippen LogP contribution in [-0.2, 0) is 4.79 Å². The molecule has 0 unspecified atom stereocenters. The molecule has 1 aliphatic rings. The number of hydrogen-bond acceptors (Lipinski definition) is 2.